The highest BCUT2D eigenvalue weighted by Gasteiger charge is 2.08. The van der Waals surface area contributed by atoms with Gasteiger partial charge in [0.15, 0.2) is 0 Å². The van der Waals surface area contributed by atoms with Crippen molar-refractivity contribution in [2.45, 2.75) is 20.8 Å². The van der Waals surface area contributed by atoms with E-state index in [2.05, 4.69) is 5.32 Å². The van der Waals surface area contributed by atoms with Crippen molar-refractivity contribution in [2.24, 2.45) is 0 Å². The third kappa shape index (κ3) is 4.35. The third-order valence-electron chi connectivity index (χ3n) is 2.61. The minimum absolute atomic E-state index is 0.115. The van der Waals surface area contributed by atoms with Gasteiger partial charge in [-0.25, -0.2) is 0 Å². The monoisotopic (exact) mass is 268 g/mol. The molecule has 0 aliphatic rings. The van der Waals surface area contributed by atoms with Crippen molar-refractivity contribution in [3.05, 3.63) is 71.3 Å². The van der Waals surface area contributed by atoms with Crippen molar-refractivity contribution >= 4 is 11.7 Å². The summed E-state index contributed by atoms with van der Waals surface area (Å²) in [5.41, 5.74) is 2.38. The second kappa shape index (κ2) is 7.89. The third-order valence-corrected chi connectivity index (χ3v) is 2.61. The molecule has 0 bridgehead atoms. The van der Waals surface area contributed by atoms with Gasteiger partial charge >= 0.3 is 0 Å². The zero-order chi connectivity index (χ0) is 15.0. The van der Waals surface area contributed by atoms with E-state index < -0.39 is 0 Å². The zero-order valence-corrected chi connectivity index (χ0v) is 12.1. The molecule has 0 saturated carbocycles. The summed E-state index contributed by atoms with van der Waals surface area (Å²) in [6, 6.07) is 16.4. The fourth-order valence-corrected chi connectivity index (χ4v) is 1.57. The number of hydrogen-bond acceptors (Lipinski definition) is 2. The molecule has 3 nitrogen and oxygen atoms in total. The quantitative estimate of drug-likeness (QED) is 0.632. The molecule has 0 aliphatic heterocycles. The van der Waals surface area contributed by atoms with Crippen LogP contribution in [0.25, 0.3) is 0 Å². The van der Waals surface area contributed by atoms with E-state index in [0.29, 0.717) is 11.1 Å². The van der Waals surface area contributed by atoms with Crippen LogP contribution in [0.4, 0.5) is 0 Å². The highest BCUT2D eigenvalue weighted by molar-refractivity contribution is 6.11. The molecule has 0 saturated heterocycles. The zero-order valence-electron chi connectivity index (χ0n) is 12.1. The number of rotatable bonds is 2. The number of amides is 1. The SMILES string of the molecule is CC.Cc1ccc(C(=N)NC(=O)c2ccccc2)cc1. The minimum Gasteiger partial charge on any atom is -0.307 e. The fraction of sp³-hybridized carbons (Fsp3) is 0.176. The maximum Gasteiger partial charge on any atom is 0.256 e. The molecule has 0 radical (unpaired) electrons. The van der Waals surface area contributed by atoms with Crippen LogP contribution in [0.1, 0.15) is 35.3 Å². The molecule has 2 N–H and O–H groups in total. The second-order valence-corrected chi connectivity index (χ2v) is 4.06. The van der Waals surface area contributed by atoms with Crippen LogP contribution in [0.15, 0.2) is 54.6 Å². The van der Waals surface area contributed by atoms with Crippen LogP contribution in [-0.4, -0.2) is 11.7 Å². The van der Waals surface area contributed by atoms with Crippen LogP contribution in [-0.2, 0) is 0 Å². The number of aryl methyl sites for hydroxylation is 1. The van der Waals surface area contributed by atoms with E-state index in [1.54, 1.807) is 24.3 Å². The van der Waals surface area contributed by atoms with Gasteiger partial charge in [0.1, 0.15) is 5.84 Å². The summed E-state index contributed by atoms with van der Waals surface area (Å²) in [6.45, 7) is 5.98. The largest absolute Gasteiger partial charge is 0.307 e. The molecule has 104 valence electrons. The van der Waals surface area contributed by atoms with Crippen LogP contribution in [0.3, 0.4) is 0 Å². The Hall–Kier alpha value is -2.42. The highest BCUT2D eigenvalue weighted by atomic mass is 16.1. The van der Waals surface area contributed by atoms with Crippen molar-refractivity contribution in [3.8, 4) is 0 Å². The lowest BCUT2D eigenvalue weighted by Gasteiger charge is -2.07. The molecule has 2 aromatic carbocycles. The van der Waals surface area contributed by atoms with Gasteiger partial charge in [-0.3, -0.25) is 10.2 Å². The van der Waals surface area contributed by atoms with Crippen molar-refractivity contribution in [3.63, 3.8) is 0 Å². The van der Waals surface area contributed by atoms with Gasteiger partial charge in [0.05, 0.1) is 0 Å². The summed E-state index contributed by atoms with van der Waals surface area (Å²) in [5.74, 6) is -0.148. The molecule has 2 aromatic rings. The molecule has 0 unspecified atom stereocenters. The van der Waals surface area contributed by atoms with Gasteiger partial charge in [-0.2, -0.15) is 0 Å². The van der Waals surface area contributed by atoms with E-state index >= 15 is 0 Å². The number of nitrogens with one attached hydrogen (secondary N) is 2. The standard InChI is InChI=1S/C15H14N2O.C2H6/c1-11-7-9-12(10-8-11)14(16)17-15(18)13-5-3-2-4-6-13;1-2/h2-10H,1H3,(H2,16,17,18);1-2H3. The van der Waals surface area contributed by atoms with Gasteiger partial charge in [0, 0.05) is 11.1 Å². The lowest BCUT2D eigenvalue weighted by atomic mass is 10.1. The molecule has 0 spiro atoms. The van der Waals surface area contributed by atoms with Crippen LogP contribution < -0.4 is 5.32 Å². The lowest BCUT2D eigenvalue weighted by molar-refractivity contribution is 0.0977. The molecule has 3 heteroatoms. The normalized spacial score (nSPS) is 9.15. The fourth-order valence-electron chi connectivity index (χ4n) is 1.57. The Labute approximate surface area is 120 Å². The van der Waals surface area contributed by atoms with Crippen molar-refractivity contribution in [1.29, 1.82) is 5.41 Å². The first-order valence-electron chi connectivity index (χ1n) is 6.69. The summed E-state index contributed by atoms with van der Waals surface area (Å²) < 4.78 is 0. The van der Waals surface area contributed by atoms with Gasteiger partial charge in [-0.05, 0) is 19.1 Å². The summed E-state index contributed by atoms with van der Waals surface area (Å²) in [7, 11) is 0. The average molecular weight is 268 g/mol. The predicted molar refractivity (Wildman–Crippen MR) is 83.3 cm³/mol. The van der Waals surface area contributed by atoms with E-state index in [0.717, 1.165) is 5.56 Å². The molecule has 0 atom stereocenters. The Morgan fingerprint density at radius 3 is 2.00 bits per heavy atom. The molecule has 20 heavy (non-hydrogen) atoms. The van der Waals surface area contributed by atoms with E-state index in [-0.39, 0.29) is 11.7 Å². The predicted octanol–water partition coefficient (Wildman–Crippen LogP) is 3.78. The number of amidine groups is 1. The van der Waals surface area contributed by atoms with Gasteiger partial charge in [0.2, 0.25) is 0 Å². The van der Waals surface area contributed by atoms with Crippen molar-refractivity contribution in [1.82, 2.24) is 5.32 Å². The first-order chi connectivity index (χ1) is 9.66. The second-order valence-electron chi connectivity index (χ2n) is 4.06. The van der Waals surface area contributed by atoms with Crippen LogP contribution in [0.5, 0.6) is 0 Å². The molecule has 1 amide bonds. The molecule has 0 aromatic heterocycles. The lowest BCUT2D eigenvalue weighted by Crippen LogP contribution is -2.30. The maximum absolute atomic E-state index is 11.8. The minimum atomic E-state index is -0.263. The molecular weight excluding hydrogens is 248 g/mol. The van der Waals surface area contributed by atoms with Gasteiger partial charge < -0.3 is 5.32 Å². The van der Waals surface area contributed by atoms with E-state index in [1.807, 2.05) is 51.1 Å². The van der Waals surface area contributed by atoms with Crippen molar-refractivity contribution in [2.75, 3.05) is 0 Å². The maximum atomic E-state index is 11.8. The summed E-state index contributed by atoms with van der Waals surface area (Å²) in [4.78, 5) is 11.8. The van der Waals surface area contributed by atoms with Crippen LogP contribution >= 0.6 is 0 Å². The molecule has 0 fully saturated rings. The van der Waals surface area contributed by atoms with Gasteiger partial charge in [-0.1, -0.05) is 61.9 Å². The van der Waals surface area contributed by atoms with Gasteiger partial charge in [0.25, 0.3) is 5.91 Å². The first-order valence-corrected chi connectivity index (χ1v) is 6.69. The van der Waals surface area contributed by atoms with Crippen LogP contribution in [0, 0.1) is 12.3 Å². The van der Waals surface area contributed by atoms with Crippen LogP contribution in [0.2, 0.25) is 0 Å². The van der Waals surface area contributed by atoms with Gasteiger partial charge in [-0.15, -0.1) is 0 Å². The number of carbonyl (C=O) groups is 1. The Morgan fingerprint density at radius 1 is 0.900 bits per heavy atom. The Bertz CT molecular complexity index is 559. The topological polar surface area (TPSA) is 53.0 Å². The number of carbonyl (C=O) groups excluding carboxylic acids is 1. The summed E-state index contributed by atoms with van der Waals surface area (Å²) in [5, 5.41) is 10.4. The number of hydrogen-bond donors (Lipinski definition) is 2. The molecule has 0 aliphatic carbocycles. The molecular formula is C17H20N2O. The Morgan fingerprint density at radius 2 is 1.45 bits per heavy atom. The molecule has 0 heterocycles. The first kappa shape index (κ1) is 15.6. The summed E-state index contributed by atoms with van der Waals surface area (Å²) in [6.07, 6.45) is 0. The number of benzene rings is 2. The van der Waals surface area contributed by atoms with E-state index in [1.165, 1.54) is 0 Å². The smallest absolute Gasteiger partial charge is 0.256 e. The Kier molecular flexibility index (Phi) is 6.17. The van der Waals surface area contributed by atoms with Crippen molar-refractivity contribution < 1.29 is 4.79 Å². The molecule has 2 rings (SSSR count). The van der Waals surface area contributed by atoms with E-state index in [9.17, 15) is 4.79 Å². The highest BCUT2D eigenvalue weighted by Crippen LogP contribution is 2.04. The van der Waals surface area contributed by atoms with E-state index in [4.69, 9.17) is 5.41 Å². The average Bonchev–Trinajstić information content (AvgIpc) is 2.50. The Balaban J connectivity index is 0.000000956. The summed E-state index contributed by atoms with van der Waals surface area (Å²) >= 11 is 0.